The molecule has 0 N–H and O–H groups in total. The summed E-state index contributed by atoms with van der Waals surface area (Å²) in [7, 11) is 0. The highest BCUT2D eigenvalue weighted by Gasteiger charge is 2.47. The van der Waals surface area contributed by atoms with Crippen molar-refractivity contribution in [1.29, 1.82) is 0 Å². The van der Waals surface area contributed by atoms with Crippen molar-refractivity contribution in [1.82, 2.24) is 0 Å². The number of rotatable bonds is 5. The van der Waals surface area contributed by atoms with Gasteiger partial charge in [0.15, 0.2) is 0 Å². The summed E-state index contributed by atoms with van der Waals surface area (Å²) < 4.78 is 2.82. The normalized spacial score (nSPS) is 17.9. The lowest BCUT2D eigenvalue weighted by Gasteiger charge is -2.45. The number of hydrogen-bond acceptors (Lipinski definition) is 4. The lowest BCUT2D eigenvalue weighted by molar-refractivity contribution is 0.332. The fourth-order valence-electron chi connectivity index (χ4n) is 12.8. The van der Waals surface area contributed by atoms with Crippen LogP contribution in [0.4, 0.5) is 51.2 Å². The summed E-state index contributed by atoms with van der Waals surface area (Å²) in [5.74, 6) is 0. The molecule has 3 heterocycles. The molecule has 0 spiro atoms. The molecule has 352 valence electrons. The summed E-state index contributed by atoms with van der Waals surface area (Å²) in [4.78, 5) is 7.73. The van der Waals surface area contributed by atoms with Crippen LogP contribution in [0.1, 0.15) is 135 Å². The maximum absolute atomic E-state index is 2.72. The van der Waals surface area contributed by atoms with Gasteiger partial charge in [0.1, 0.15) is 0 Å². The highest BCUT2D eigenvalue weighted by Crippen LogP contribution is 2.55. The van der Waals surface area contributed by atoms with Crippen molar-refractivity contribution in [3.8, 4) is 0 Å². The number of hydrogen-bond donors (Lipinski definition) is 0. The molecular weight excluding hydrogens is 866 g/mol. The molecule has 0 fully saturated rings. The van der Waals surface area contributed by atoms with Crippen LogP contribution in [0.2, 0.25) is 0 Å². The Balaban J connectivity index is 1.18. The molecule has 8 aromatic rings. The van der Waals surface area contributed by atoms with Gasteiger partial charge in [0.25, 0.3) is 6.71 Å². The first kappa shape index (κ1) is 45.1. The van der Waals surface area contributed by atoms with Crippen molar-refractivity contribution in [2.75, 3.05) is 14.7 Å². The van der Waals surface area contributed by atoms with E-state index in [1.54, 1.807) is 0 Å². The van der Waals surface area contributed by atoms with E-state index in [2.05, 4.69) is 243 Å². The minimum absolute atomic E-state index is 0.0244. The molecule has 0 atom stereocenters. The number of aryl methyl sites for hydroxylation is 1. The van der Waals surface area contributed by atoms with Crippen molar-refractivity contribution in [2.24, 2.45) is 0 Å². The van der Waals surface area contributed by atoms with E-state index in [9.17, 15) is 0 Å². The van der Waals surface area contributed by atoms with Gasteiger partial charge in [-0.1, -0.05) is 137 Å². The van der Waals surface area contributed by atoms with E-state index in [0.29, 0.717) is 0 Å². The smallest absolute Gasteiger partial charge is 0.264 e. The van der Waals surface area contributed by atoms with Gasteiger partial charge in [0, 0.05) is 60.4 Å². The molecule has 0 radical (unpaired) electrons. The predicted molar refractivity (Wildman–Crippen MR) is 305 cm³/mol. The highest BCUT2D eigenvalue weighted by atomic mass is 32.1. The Morgan fingerprint density at radius 1 is 0.500 bits per heavy atom. The standard InChI is InChI=1S/C65H68BN3S/c1-41-35-55-58-56(36-41)69(46-27-29-49-50(37-46)63(7,8)32-31-62(49,5)6)59-48-39-51-52(65(11,12)34-33-64(51,9)10)40-57(48)70-60(59)66(58)53-30-28-47(67(43-19-15-13-16-20-43)44-21-17-14-18-22-44)38-54(53)68(55)45-25-23-42(24-26-45)61(2,3)4/h13-30,35-40H,31-34H2,1-12H3. The number of para-hydroxylation sites is 2. The second-order valence-corrected chi connectivity index (χ2v) is 25.9. The van der Waals surface area contributed by atoms with Crippen LogP contribution in [0, 0.1) is 6.92 Å². The minimum Gasteiger partial charge on any atom is -0.311 e. The van der Waals surface area contributed by atoms with E-state index in [4.69, 9.17) is 0 Å². The van der Waals surface area contributed by atoms with Crippen LogP contribution >= 0.6 is 11.3 Å². The summed E-state index contributed by atoms with van der Waals surface area (Å²) in [6, 6.07) is 56.3. The Hall–Kier alpha value is -6.04. The van der Waals surface area contributed by atoms with E-state index in [0.717, 1.165) is 17.1 Å². The van der Waals surface area contributed by atoms with Crippen LogP contribution in [-0.4, -0.2) is 6.71 Å². The van der Waals surface area contributed by atoms with Crippen LogP contribution < -0.4 is 30.4 Å². The first-order valence-electron chi connectivity index (χ1n) is 25.9. The third-order valence-corrected chi connectivity index (χ3v) is 18.3. The topological polar surface area (TPSA) is 9.72 Å². The molecule has 0 unspecified atom stereocenters. The Morgan fingerprint density at radius 3 is 1.61 bits per heavy atom. The zero-order chi connectivity index (χ0) is 48.9. The molecule has 2 aliphatic heterocycles. The van der Waals surface area contributed by atoms with Gasteiger partial charge in [0.2, 0.25) is 0 Å². The number of nitrogens with zero attached hydrogens (tertiary/aromatic N) is 3. The van der Waals surface area contributed by atoms with Crippen LogP contribution in [0.25, 0.3) is 10.1 Å². The zero-order valence-electron chi connectivity index (χ0n) is 43.5. The molecule has 3 nitrogen and oxygen atoms in total. The molecule has 0 saturated heterocycles. The summed E-state index contributed by atoms with van der Waals surface area (Å²) in [6.07, 6.45) is 4.75. The fraction of sp³-hybridized carbons (Fsp3) is 0.323. The number of anilines is 9. The first-order valence-corrected chi connectivity index (χ1v) is 26.7. The van der Waals surface area contributed by atoms with E-state index >= 15 is 0 Å². The molecule has 0 bridgehead atoms. The molecular formula is C65H68BN3S. The van der Waals surface area contributed by atoms with Gasteiger partial charge in [-0.2, -0.15) is 0 Å². The first-order chi connectivity index (χ1) is 33.2. The van der Waals surface area contributed by atoms with E-state index in [-0.39, 0.29) is 33.8 Å². The fourth-order valence-corrected chi connectivity index (χ4v) is 14.1. The van der Waals surface area contributed by atoms with Gasteiger partial charge in [-0.3, -0.25) is 0 Å². The van der Waals surface area contributed by atoms with Crippen LogP contribution in [0.5, 0.6) is 0 Å². The second-order valence-electron chi connectivity index (χ2n) is 24.8. The van der Waals surface area contributed by atoms with Gasteiger partial charge in [-0.05, 0) is 189 Å². The average molecular weight is 934 g/mol. The van der Waals surface area contributed by atoms with Gasteiger partial charge < -0.3 is 14.7 Å². The predicted octanol–water partition coefficient (Wildman–Crippen LogP) is 16.8. The molecule has 5 heteroatoms. The van der Waals surface area contributed by atoms with Crippen molar-refractivity contribution in [3.63, 3.8) is 0 Å². The molecule has 2 aliphatic carbocycles. The third kappa shape index (κ3) is 6.96. The maximum Gasteiger partial charge on any atom is 0.264 e. The summed E-state index contributed by atoms with van der Waals surface area (Å²) >= 11 is 2.04. The molecule has 12 rings (SSSR count). The number of fused-ring (bicyclic) bond motifs is 8. The molecule has 7 aromatic carbocycles. The summed E-state index contributed by atoms with van der Waals surface area (Å²) in [6.45, 7) is 29.0. The molecule has 1 aromatic heterocycles. The van der Waals surface area contributed by atoms with Gasteiger partial charge in [0.05, 0.1) is 5.69 Å². The van der Waals surface area contributed by atoms with E-state index < -0.39 is 0 Å². The lowest BCUT2D eigenvalue weighted by Crippen LogP contribution is -2.60. The molecule has 0 saturated carbocycles. The van der Waals surface area contributed by atoms with Crippen molar-refractivity contribution in [2.45, 2.75) is 136 Å². The quantitative estimate of drug-likeness (QED) is 0.159. The van der Waals surface area contributed by atoms with Crippen LogP contribution in [0.3, 0.4) is 0 Å². The van der Waals surface area contributed by atoms with Gasteiger partial charge >= 0.3 is 0 Å². The van der Waals surface area contributed by atoms with Crippen LogP contribution in [-0.2, 0) is 27.1 Å². The average Bonchev–Trinajstić information content (AvgIpc) is 3.70. The Kier molecular flexibility index (Phi) is 9.98. The van der Waals surface area contributed by atoms with E-state index in [1.165, 1.54) is 119 Å². The Bertz CT molecular complexity index is 3350. The van der Waals surface area contributed by atoms with Crippen molar-refractivity contribution < 1.29 is 0 Å². The number of benzene rings is 7. The van der Waals surface area contributed by atoms with E-state index in [1.807, 2.05) is 11.3 Å². The summed E-state index contributed by atoms with van der Waals surface area (Å²) in [5.41, 5.74) is 22.7. The highest BCUT2D eigenvalue weighted by molar-refractivity contribution is 7.33. The summed E-state index contributed by atoms with van der Waals surface area (Å²) in [5, 5.41) is 1.38. The largest absolute Gasteiger partial charge is 0.311 e. The molecule has 0 amide bonds. The molecule has 4 aliphatic rings. The SMILES string of the molecule is Cc1cc2c3c(c1)N(c1ccc4c(c1)C(C)(C)CCC4(C)C)c1c(sc4cc5c(cc14)C(C)(C)CCC5(C)C)B3c1ccc(N(c3ccccc3)c3ccccc3)cc1N2c1ccc(C(C)(C)C)cc1. The van der Waals surface area contributed by atoms with Gasteiger partial charge in [-0.15, -0.1) is 11.3 Å². The second kappa shape index (κ2) is 15.5. The monoisotopic (exact) mass is 934 g/mol. The zero-order valence-corrected chi connectivity index (χ0v) is 44.3. The van der Waals surface area contributed by atoms with Gasteiger partial charge in [-0.25, -0.2) is 0 Å². The molecule has 70 heavy (non-hydrogen) atoms. The van der Waals surface area contributed by atoms with Crippen molar-refractivity contribution >= 4 is 95.0 Å². The van der Waals surface area contributed by atoms with Crippen LogP contribution in [0.15, 0.2) is 146 Å². The lowest BCUT2D eigenvalue weighted by atomic mass is 9.36. The third-order valence-electron chi connectivity index (χ3n) is 17.1. The Labute approximate surface area is 422 Å². The maximum atomic E-state index is 2.72. The Morgan fingerprint density at radius 2 is 1.03 bits per heavy atom. The number of thiophene rings is 1. The van der Waals surface area contributed by atoms with Crippen molar-refractivity contribution in [3.05, 3.63) is 179 Å². The minimum atomic E-state index is 0.0244.